The number of hydrogen-bond acceptors (Lipinski definition) is 4. The molecule has 0 spiro atoms. The number of carbonyl (C=O) groups excluding carboxylic acids is 3. The third-order valence-corrected chi connectivity index (χ3v) is 7.00. The monoisotopic (exact) mass is 573 g/mol. The summed E-state index contributed by atoms with van der Waals surface area (Å²) in [6, 6.07) is 28.3. The Labute approximate surface area is 240 Å². The molecule has 1 atom stereocenters. The number of thioether (sulfide) groups is 1. The Morgan fingerprint density at radius 2 is 1.48 bits per heavy atom. The van der Waals surface area contributed by atoms with Crippen molar-refractivity contribution < 1.29 is 18.8 Å². The molecule has 4 rings (SSSR count). The largest absolute Gasteiger partial charge is 0.323 e. The van der Waals surface area contributed by atoms with Gasteiger partial charge in [-0.25, -0.2) is 4.39 Å². The average molecular weight is 574 g/mol. The summed E-state index contributed by atoms with van der Waals surface area (Å²) in [5.41, 5.74) is 1.76. The lowest BCUT2D eigenvalue weighted by Crippen LogP contribution is -2.30. The number of amides is 3. The lowest BCUT2D eigenvalue weighted by molar-refractivity contribution is -0.115. The number of rotatable bonds is 9. The van der Waals surface area contributed by atoms with E-state index in [9.17, 15) is 18.8 Å². The molecule has 0 radical (unpaired) electrons. The lowest BCUT2D eigenvalue weighted by Gasteiger charge is -2.14. The Bertz CT molecular complexity index is 1530. The van der Waals surface area contributed by atoms with Crippen molar-refractivity contribution in [2.75, 3.05) is 10.6 Å². The third-order valence-electron chi connectivity index (χ3n) is 5.64. The van der Waals surface area contributed by atoms with Gasteiger partial charge in [-0.3, -0.25) is 14.4 Å². The normalized spacial score (nSPS) is 11.8. The SMILES string of the molecule is CC(Sc1ccc(NC(=O)/C(=C/c2ccc(Cl)cc2)NC(=O)c2ccccc2)cc1)C(=O)Nc1ccccc1F. The van der Waals surface area contributed by atoms with E-state index in [2.05, 4.69) is 16.0 Å². The predicted octanol–water partition coefficient (Wildman–Crippen LogP) is 7.01. The Morgan fingerprint density at radius 1 is 0.825 bits per heavy atom. The van der Waals surface area contributed by atoms with E-state index in [-0.39, 0.29) is 17.3 Å². The van der Waals surface area contributed by atoms with E-state index in [4.69, 9.17) is 11.6 Å². The smallest absolute Gasteiger partial charge is 0.272 e. The molecule has 0 aliphatic rings. The van der Waals surface area contributed by atoms with Gasteiger partial charge in [-0.1, -0.05) is 54.1 Å². The number of anilines is 2. The predicted molar refractivity (Wildman–Crippen MR) is 159 cm³/mol. The molecule has 4 aromatic rings. The summed E-state index contributed by atoms with van der Waals surface area (Å²) in [6.07, 6.45) is 1.56. The third kappa shape index (κ3) is 8.05. The van der Waals surface area contributed by atoms with Crippen molar-refractivity contribution in [1.29, 1.82) is 0 Å². The molecule has 0 aromatic heterocycles. The maximum absolute atomic E-state index is 13.9. The van der Waals surface area contributed by atoms with Crippen LogP contribution >= 0.6 is 23.4 Å². The van der Waals surface area contributed by atoms with Gasteiger partial charge in [-0.05, 0) is 79.2 Å². The topological polar surface area (TPSA) is 87.3 Å². The molecule has 9 heteroatoms. The van der Waals surface area contributed by atoms with Crippen LogP contribution in [0.3, 0.4) is 0 Å². The summed E-state index contributed by atoms with van der Waals surface area (Å²) in [6.45, 7) is 1.72. The molecule has 0 aliphatic carbocycles. The van der Waals surface area contributed by atoms with Gasteiger partial charge in [0.15, 0.2) is 0 Å². The molecule has 202 valence electrons. The zero-order valence-electron chi connectivity index (χ0n) is 21.4. The first-order valence-electron chi connectivity index (χ1n) is 12.3. The molecule has 1 unspecified atom stereocenters. The molecule has 0 aliphatic heterocycles. The molecule has 40 heavy (non-hydrogen) atoms. The summed E-state index contributed by atoms with van der Waals surface area (Å²) in [7, 11) is 0. The maximum atomic E-state index is 13.9. The summed E-state index contributed by atoms with van der Waals surface area (Å²) >= 11 is 7.27. The van der Waals surface area contributed by atoms with Crippen LogP contribution in [0.5, 0.6) is 0 Å². The molecule has 3 amide bonds. The van der Waals surface area contributed by atoms with Crippen molar-refractivity contribution in [2.24, 2.45) is 0 Å². The first kappa shape index (κ1) is 28.6. The van der Waals surface area contributed by atoms with Crippen LogP contribution in [0, 0.1) is 5.82 Å². The second-order valence-electron chi connectivity index (χ2n) is 8.64. The van der Waals surface area contributed by atoms with Gasteiger partial charge in [0.2, 0.25) is 5.91 Å². The second-order valence-corrected chi connectivity index (χ2v) is 10.5. The van der Waals surface area contributed by atoms with Gasteiger partial charge in [0.1, 0.15) is 11.5 Å². The fourth-order valence-corrected chi connectivity index (χ4v) is 4.53. The Kier molecular flexibility index (Phi) is 9.72. The van der Waals surface area contributed by atoms with Crippen LogP contribution in [0.2, 0.25) is 5.02 Å². The van der Waals surface area contributed by atoms with E-state index in [1.54, 1.807) is 104 Å². The summed E-state index contributed by atoms with van der Waals surface area (Å²) in [5, 5.41) is 8.13. The Morgan fingerprint density at radius 3 is 2.15 bits per heavy atom. The van der Waals surface area contributed by atoms with Crippen LogP contribution < -0.4 is 16.0 Å². The Hall–Kier alpha value is -4.40. The highest BCUT2D eigenvalue weighted by molar-refractivity contribution is 8.00. The van der Waals surface area contributed by atoms with Crippen molar-refractivity contribution in [3.8, 4) is 0 Å². The van der Waals surface area contributed by atoms with Crippen LogP contribution in [0.25, 0.3) is 6.08 Å². The van der Waals surface area contributed by atoms with Crippen LogP contribution in [-0.4, -0.2) is 23.0 Å². The van der Waals surface area contributed by atoms with Crippen molar-refractivity contribution in [2.45, 2.75) is 17.1 Å². The molecule has 0 saturated heterocycles. The van der Waals surface area contributed by atoms with Crippen LogP contribution in [0.15, 0.2) is 114 Å². The standard InChI is InChI=1S/C31H25ClFN3O3S/c1-20(29(37)35-27-10-6-5-9-26(27)33)40-25-17-15-24(16-18-25)34-31(39)28(19-21-11-13-23(32)14-12-21)36-30(38)22-7-3-2-4-8-22/h2-20H,1H3,(H,34,39)(H,35,37)(H,36,38)/b28-19-. The molecule has 0 heterocycles. The fourth-order valence-electron chi connectivity index (χ4n) is 3.54. The van der Waals surface area contributed by atoms with Gasteiger partial charge in [0.25, 0.3) is 11.8 Å². The molecule has 0 bridgehead atoms. The van der Waals surface area contributed by atoms with Gasteiger partial charge >= 0.3 is 0 Å². The number of halogens is 2. The molecular formula is C31H25ClFN3O3S. The molecule has 0 saturated carbocycles. The summed E-state index contributed by atoms with van der Waals surface area (Å²) in [4.78, 5) is 39.3. The first-order chi connectivity index (χ1) is 19.3. The van der Waals surface area contributed by atoms with Crippen LogP contribution in [-0.2, 0) is 9.59 Å². The van der Waals surface area contributed by atoms with Crippen LogP contribution in [0.1, 0.15) is 22.8 Å². The van der Waals surface area contributed by atoms with E-state index < -0.39 is 22.9 Å². The molecular weight excluding hydrogens is 549 g/mol. The molecule has 0 fully saturated rings. The van der Waals surface area contributed by atoms with Crippen molar-refractivity contribution >= 4 is 58.5 Å². The van der Waals surface area contributed by atoms with E-state index in [1.807, 2.05) is 0 Å². The quantitative estimate of drug-likeness (QED) is 0.148. The average Bonchev–Trinajstić information content (AvgIpc) is 2.96. The minimum Gasteiger partial charge on any atom is -0.323 e. The van der Waals surface area contributed by atoms with Crippen molar-refractivity contribution in [3.05, 3.63) is 131 Å². The van der Waals surface area contributed by atoms with E-state index in [0.29, 0.717) is 21.8 Å². The van der Waals surface area contributed by atoms with E-state index in [1.165, 1.54) is 23.9 Å². The van der Waals surface area contributed by atoms with Crippen LogP contribution in [0.4, 0.5) is 15.8 Å². The highest BCUT2D eigenvalue weighted by atomic mass is 35.5. The number of hydrogen-bond donors (Lipinski definition) is 3. The van der Waals surface area contributed by atoms with Gasteiger partial charge in [-0.15, -0.1) is 11.8 Å². The lowest BCUT2D eigenvalue weighted by atomic mass is 10.1. The minimum atomic E-state index is -0.516. The molecule has 6 nitrogen and oxygen atoms in total. The summed E-state index contributed by atoms with van der Waals surface area (Å²) in [5.74, 6) is -1.78. The highest BCUT2D eigenvalue weighted by Crippen LogP contribution is 2.26. The van der Waals surface area contributed by atoms with Crippen molar-refractivity contribution in [1.82, 2.24) is 5.32 Å². The van der Waals surface area contributed by atoms with E-state index >= 15 is 0 Å². The van der Waals surface area contributed by atoms with Gasteiger partial charge in [0, 0.05) is 21.2 Å². The fraction of sp³-hybridized carbons (Fsp3) is 0.0645. The second kappa shape index (κ2) is 13.6. The molecule has 4 aromatic carbocycles. The summed E-state index contributed by atoms with van der Waals surface area (Å²) < 4.78 is 13.9. The van der Waals surface area contributed by atoms with Gasteiger partial charge in [-0.2, -0.15) is 0 Å². The van der Waals surface area contributed by atoms with Crippen molar-refractivity contribution in [3.63, 3.8) is 0 Å². The minimum absolute atomic E-state index is 0.0491. The molecule has 3 N–H and O–H groups in total. The van der Waals surface area contributed by atoms with Gasteiger partial charge in [0.05, 0.1) is 10.9 Å². The highest BCUT2D eigenvalue weighted by Gasteiger charge is 2.17. The number of nitrogens with one attached hydrogen (secondary N) is 3. The number of para-hydroxylation sites is 1. The first-order valence-corrected chi connectivity index (χ1v) is 13.5. The Balaban J connectivity index is 1.43. The van der Waals surface area contributed by atoms with Gasteiger partial charge < -0.3 is 16.0 Å². The zero-order chi connectivity index (χ0) is 28.5. The maximum Gasteiger partial charge on any atom is 0.272 e. The van der Waals surface area contributed by atoms with E-state index in [0.717, 1.165) is 4.90 Å². The zero-order valence-corrected chi connectivity index (χ0v) is 22.9. The number of benzene rings is 4. The number of carbonyl (C=O) groups is 3.